The summed E-state index contributed by atoms with van der Waals surface area (Å²) in [6.07, 6.45) is 2.37. The Balaban J connectivity index is 2.11. The van der Waals surface area contributed by atoms with Crippen molar-refractivity contribution in [3.05, 3.63) is 44.9 Å². The number of alkyl halides is 1. The number of benzene rings is 1. The molecule has 0 bridgehead atoms. The highest BCUT2D eigenvalue weighted by Gasteiger charge is 2.09. The van der Waals surface area contributed by atoms with Crippen LogP contribution in [0.15, 0.2) is 24.4 Å². The summed E-state index contributed by atoms with van der Waals surface area (Å²) in [7, 11) is 0. The third-order valence-corrected chi connectivity index (χ3v) is 4.60. The maximum Gasteiger partial charge on any atom is 0.236 e. The number of anilines is 1. The fourth-order valence-electron chi connectivity index (χ4n) is 1.47. The molecular formula is C12H9BrCl2N2OS. The standard InChI is InChI=1S/C12H9BrCl2N2OS/c13-5-10(18)17-12-16-6-8(19-12)4-7-2-1-3-9(14)11(7)15/h1-3,6H,4-5H2,(H,16,17,18). The second-order valence-electron chi connectivity index (χ2n) is 3.70. The van der Waals surface area contributed by atoms with Gasteiger partial charge in [0.1, 0.15) is 0 Å². The number of rotatable bonds is 4. The van der Waals surface area contributed by atoms with E-state index in [0.717, 1.165) is 10.4 Å². The maximum atomic E-state index is 11.2. The predicted molar refractivity (Wildman–Crippen MR) is 83.8 cm³/mol. The van der Waals surface area contributed by atoms with Gasteiger partial charge < -0.3 is 5.32 Å². The molecule has 0 aliphatic rings. The molecule has 1 aromatic heterocycles. The number of amides is 1. The van der Waals surface area contributed by atoms with Crippen molar-refractivity contribution in [1.29, 1.82) is 0 Å². The van der Waals surface area contributed by atoms with Crippen molar-refractivity contribution in [2.24, 2.45) is 0 Å². The average molecular weight is 380 g/mol. The lowest BCUT2D eigenvalue weighted by atomic mass is 10.1. The summed E-state index contributed by atoms with van der Waals surface area (Å²) in [4.78, 5) is 16.4. The van der Waals surface area contributed by atoms with E-state index in [1.807, 2.05) is 12.1 Å². The molecule has 0 saturated heterocycles. The van der Waals surface area contributed by atoms with E-state index in [1.165, 1.54) is 11.3 Å². The number of hydrogen-bond acceptors (Lipinski definition) is 3. The molecule has 1 N–H and O–H groups in total. The van der Waals surface area contributed by atoms with Gasteiger partial charge in [0.2, 0.25) is 5.91 Å². The second kappa shape index (κ2) is 6.70. The van der Waals surface area contributed by atoms with Crippen molar-refractivity contribution in [1.82, 2.24) is 4.98 Å². The highest BCUT2D eigenvalue weighted by Crippen LogP contribution is 2.29. The molecule has 1 heterocycles. The topological polar surface area (TPSA) is 42.0 Å². The van der Waals surface area contributed by atoms with Crippen molar-refractivity contribution < 1.29 is 4.79 Å². The lowest BCUT2D eigenvalue weighted by molar-refractivity contribution is -0.113. The maximum absolute atomic E-state index is 11.2. The van der Waals surface area contributed by atoms with E-state index in [1.54, 1.807) is 12.3 Å². The Morgan fingerprint density at radius 2 is 2.21 bits per heavy atom. The minimum atomic E-state index is -0.123. The molecule has 0 fully saturated rings. The number of halogens is 3. The van der Waals surface area contributed by atoms with Gasteiger partial charge >= 0.3 is 0 Å². The van der Waals surface area contributed by atoms with Gasteiger partial charge in [-0.05, 0) is 11.6 Å². The van der Waals surface area contributed by atoms with Crippen LogP contribution in [-0.2, 0) is 11.2 Å². The zero-order valence-electron chi connectivity index (χ0n) is 9.62. The van der Waals surface area contributed by atoms with Crippen LogP contribution >= 0.6 is 50.5 Å². The first kappa shape index (κ1) is 14.8. The highest BCUT2D eigenvalue weighted by molar-refractivity contribution is 9.09. The lowest BCUT2D eigenvalue weighted by Crippen LogP contribution is -2.11. The Morgan fingerprint density at radius 3 is 2.95 bits per heavy atom. The Labute approximate surface area is 133 Å². The van der Waals surface area contributed by atoms with Gasteiger partial charge in [-0.15, -0.1) is 11.3 Å². The van der Waals surface area contributed by atoms with Crippen LogP contribution in [0.3, 0.4) is 0 Å². The van der Waals surface area contributed by atoms with Crippen LogP contribution in [0.25, 0.3) is 0 Å². The molecule has 3 nitrogen and oxygen atoms in total. The number of hydrogen-bond donors (Lipinski definition) is 1. The van der Waals surface area contributed by atoms with Crippen LogP contribution in [0.5, 0.6) is 0 Å². The number of carbonyl (C=O) groups is 1. The molecule has 0 spiro atoms. The molecule has 2 aromatic rings. The fourth-order valence-corrected chi connectivity index (χ4v) is 2.85. The number of thiazole rings is 1. The molecule has 0 radical (unpaired) electrons. The van der Waals surface area contributed by atoms with Crippen molar-refractivity contribution in [3.8, 4) is 0 Å². The quantitative estimate of drug-likeness (QED) is 0.801. The fraction of sp³-hybridized carbons (Fsp3) is 0.167. The average Bonchev–Trinajstić information content (AvgIpc) is 2.82. The van der Waals surface area contributed by atoms with Gasteiger partial charge in [-0.3, -0.25) is 4.79 Å². The monoisotopic (exact) mass is 378 g/mol. The van der Waals surface area contributed by atoms with E-state index in [-0.39, 0.29) is 11.2 Å². The lowest BCUT2D eigenvalue weighted by Gasteiger charge is -2.03. The molecule has 7 heteroatoms. The van der Waals surface area contributed by atoms with Crippen LogP contribution < -0.4 is 5.32 Å². The highest BCUT2D eigenvalue weighted by atomic mass is 79.9. The Bertz CT molecular complexity index is 603. The third-order valence-electron chi connectivity index (χ3n) is 2.32. The van der Waals surface area contributed by atoms with E-state index >= 15 is 0 Å². The molecule has 2 rings (SSSR count). The molecule has 0 atom stereocenters. The van der Waals surface area contributed by atoms with Crippen LogP contribution in [0.4, 0.5) is 5.13 Å². The number of nitrogens with one attached hydrogen (secondary N) is 1. The van der Waals surface area contributed by atoms with Crippen molar-refractivity contribution >= 4 is 61.5 Å². The third kappa shape index (κ3) is 3.92. The normalized spacial score (nSPS) is 10.5. The Hall–Kier alpha value is -0.620. The van der Waals surface area contributed by atoms with Gasteiger partial charge in [-0.1, -0.05) is 51.3 Å². The molecule has 19 heavy (non-hydrogen) atoms. The molecule has 1 amide bonds. The minimum Gasteiger partial charge on any atom is -0.301 e. The van der Waals surface area contributed by atoms with E-state index < -0.39 is 0 Å². The van der Waals surface area contributed by atoms with E-state index in [2.05, 4.69) is 26.2 Å². The summed E-state index contributed by atoms with van der Waals surface area (Å²) >= 11 is 16.6. The predicted octanol–water partition coefficient (Wildman–Crippen LogP) is 4.37. The van der Waals surface area contributed by atoms with Gasteiger partial charge in [0.15, 0.2) is 5.13 Å². The van der Waals surface area contributed by atoms with Gasteiger partial charge in [0.05, 0.1) is 15.4 Å². The SMILES string of the molecule is O=C(CBr)Nc1ncc(Cc2cccc(Cl)c2Cl)s1. The smallest absolute Gasteiger partial charge is 0.236 e. The first-order valence-electron chi connectivity index (χ1n) is 5.33. The van der Waals surface area contributed by atoms with Crippen LogP contribution in [0.2, 0.25) is 10.0 Å². The Morgan fingerprint density at radius 1 is 1.42 bits per heavy atom. The van der Waals surface area contributed by atoms with Crippen LogP contribution in [0, 0.1) is 0 Å². The first-order chi connectivity index (χ1) is 9.10. The molecule has 0 saturated carbocycles. The first-order valence-corrected chi connectivity index (χ1v) is 8.03. The molecule has 1 aromatic carbocycles. The molecular weight excluding hydrogens is 371 g/mol. The number of aromatic nitrogens is 1. The van der Waals surface area contributed by atoms with Gasteiger partial charge in [0, 0.05) is 17.5 Å². The van der Waals surface area contributed by atoms with Gasteiger partial charge in [-0.2, -0.15) is 0 Å². The van der Waals surface area contributed by atoms with Gasteiger partial charge in [-0.25, -0.2) is 4.98 Å². The number of nitrogens with zero attached hydrogens (tertiary/aromatic N) is 1. The second-order valence-corrected chi connectivity index (χ2v) is 6.16. The largest absolute Gasteiger partial charge is 0.301 e. The molecule has 100 valence electrons. The van der Waals surface area contributed by atoms with Gasteiger partial charge in [0.25, 0.3) is 0 Å². The molecule has 0 aliphatic carbocycles. The van der Waals surface area contributed by atoms with Crippen LogP contribution in [-0.4, -0.2) is 16.2 Å². The summed E-state index contributed by atoms with van der Waals surface area (Å²) in [5.41, 5.74) is 0.941. The van der Waals surface area contributed by atoms with Crippen LogP contribution in [0.1, 0.15) is 10.4 Å². The van der Waals surface area contributed by atoms with E-state index in [4.69, 9.17) is 23.2 Å². The zero-order chi connectivity index (χ0) is 13.8. The van der Waals surface area contributed by atoms with E-state index in [0.29, 0.717) is 21.6 Å². The summed E-state index contributed by atoms with van der Waals surface area (Å²) in [6.45, 7) is 0. The Kier molecular flexibility index (Phi) is 5.21. The molecule has 0 unspecified atom stereocenters. The summed E-state index contributed by atoms with van der Waals surface area (Å²) in [5.74, 6) is -0.123. The van der Waals surface area contributed by atoms with Crippen molar-refractivity contribution in [3.63, 3.8) is 0 Å². The summed E-state index contributed by atoms with van der Waals surface area (Å²) in [5, 5.41) is 4.62. The van der Waals surface area contributed by atoms with Crippen molar-refractivity contribution in [2.45, 2.75) is 6.42 Å². The molecule has 0 aliphatic heterocycles. The van der Waals surface area contributed by atoms with E-state index in [9.17, 15) is 4.79 Å². The minimum absolute atomic E-state index is 0.123. The van der Waals surface area contributed by atoms with Crippen molar-refractivity contribution in [2.75, 3.05) is 10.6 Å². The number of carbonyl (C=O) groups excluding carboxylic acids is 1. The summed E-state index contributed by atoms with van der Waals surface area (Å²) in [6, 6.07) is 5.53. The summed E-state index contributed by atoms with van der Waals surface area (Å²) < 4.78 is 0. The zero-order valence-corrected chi connectivity index (χ0v) is 13.5.